The first kappa shape index (κ1) is 14.1. The van der Waals surface area contributed by atoms with Crippen molar-refractivity contribution in [2.24, 2.45) is 0 Å². The maximum Gasteiger partial charge on any atom is 0.226 e. The van der Waals surface area contributed by atoms with E-state index in [1.807, 2.05) is 24.5 Å². The predicted molar refractivity (Wildman–Crippen MR) is 78.6 cm³/mol. The summed E-state index contributed by atoms with van der Waals surface area (Å²) in [4.78, 5) is 11.7. The number of carbonyl (C=O) groups is 1. The van der Waals surface area contributed by atoms with E-state index >= 15 is 0 Å². The van der Waals surface area contributed by atoms with Crippen molar-refractivity contribution in [2.75, 3.05) is 11.1 Å². The third-order valence-electron chi connectivity index (χ3n) is 2.41. The van der Waals surface area contributed by atoms with E-state index in [-0.39, 0.29) is 5.91 Å². The number of thioether (sulfide) groups is 1. The van der Waals surface area contributed by atoms with Gasteiger partial charge in [-0.3, -0.25) is 4.79 Å². The summed E-state index contributed by atoms with van der Waals surface area (Å²) in [5.74, 6) is 0.954. The molecule has 0 bridgehead atoms. The van der Waals surface area contributed by atoms with Gasteiger partial charge in [-0.05, 0) is 24.3 Å². The topological polar surface area (TPSA) is 59.8 Å². The molecule has 19 heavy (non-hydrogen) atoms. The molecule has 0 saturated carbocycles. The first-order valence-corrected chi connectivity index (χ1v) is 7.95. The minimum absolute atomic E-state index is 0.00338. The molecule has 2 heterocycles. The fraction of sp³-hybridized carbons (Fsp3) is 0.417. The summed E-state index contributed by atoms with van der Waals surface area (Å²) in [5.41, 5.74) is 0. The molecule has 1 amide bonds. The monoisotopic (exact) mass is 296 g/mol. The molecular weight excluding hydrogens is 280 g/mol. The van der Waals surface area contributed by atoms with Crippen molar-refractivity contribution in [2.45, 2.75) is 30.6 Å². The molecule has 0 radical (unpaired) electrons. The second-order valence-electron chi connectivity index (χ2n) is 3.88. The van der Waals surface area contributed by atoms with Crippen LogP contribution in [0.5, 0.6) is 0 Å². The van der Waals surface area contributed by atoms with Crippen LogP contribution in [0.2, 0.25) is 0 Å². The number of amides is 1. The van der Waals surface area contributed by atoms with E-state index in [1.54, 1.807) is 11.8 Å². The molecule has 102 valence electrons. The Bertz CT molecular complexity index is 510. The van der Waals surface area contributed by atoms with Crippen LogP contribution in [0, 0.1) is 0 Å². The Labute approximate surface area is 120 Å². The van der Waals surface area contributed by atoms with Crippen LogP contribution in [-0.2, 0) is 11.3 Å². The molecule has 2 rings (SSSR count). The van der Waals surface area contributed by atoms with Gasteiger partial charge >= 0.3 is 0 Å². The Morgan fingerprint density at radius 2 is 2.21 bits per heavy atom. The number of aryl methyl sites for hydroxylation is 1. The van der Waals surface area contributed by atoms with Crippen molar-refractivity contribution < 1.29 is 4.79 Å². The fourth-order valence-corrected chi connectivity index (χ4v) is 3.23. The largest absolute Gasteiger partial charge is 0.354 e. The summed E-state index contributed by atoms with van der Waals surface area (Å²) in [7, 11) is 0. The lowest BCUT2D eigenvalue weighted by molar-refractivity contribution is -0.116. The molecule has 0 aliphatic heterocycles. The number of anilines is 1. The molecule has 0 spiro atoms. The number of nitrogens with zero attached hydrogens (tertiary/aromatic N) is 3. The molecule has 0 unspecified atom stereocenters. The van der Waals surface area contributed by atoms with E-state index in [4.69, 9.17) is 0 Å². The van der Waals surface area contributed by atoms with Gasteiger partial charge in [-0.1, -0.05) is 30.0 Å². The number of rotatable bonds is 7. The highest BCUT2D eigenvalue weighted by atomic mass is 32.2. The van der Waals surface area contributed by atoms with Gasteiger partial charge in [-0.2, -0.15) is 0 Å². The third kappa shape index (κ3) is 4.68. The first-order chi connectivity index (χ1) is 9.28. The van der Waals surface area contributed by atoms with Gasteiger partial charge in [-0.25, -0.2) is 0 Å². The van der Waals surface area contributed by atoms with Crippen LogP contribution in [0.25, 0.3) is 0 Å². The van der Waals surface area contributed by atoms with E-state index in [9.17, 15) is 4.79 Å². The number of hydrogen-bond donors (Lipinski definition) is 1. The maximum atomic E-state index is 11.7. The van der Waals surface area contributed by atoms with Gasteiger partial charge in [-0.15, -0.1) is 10.2 Å². The highest BCUT2D eigenvalue weighted by Gasteiger charge is 2.07. The SMILES string of the molecule is CCSc1nnc(NC(=O)CCCn2cccc2)s1. The molecule has 0 saturated heterocycles. The lowest BCUT2D eigenvalue weighted by atomic mass is 10.3. The molecule has 1 N–H and O–H groups in total. The van der Waals surface area contributed by atoms with Gasteiger partial charge in [0.05, 0.1) is 0 Å². The average Bonchev–Trinajstić information content (AvgIpc) is 3.02. The zero-order valence-electron chi connectivity index (χ0n) is 10.7. The molecule has 0 atom stereocenters. The zero-order valence-corrected chi connectivity index (χ0v) is 12.3. The van der Waals surface area contributed by atoms with Crippen LogP contribution in [0.15, 0.2) is 28.9 Å². The number of carbonyl (C=O) groups excluding carboxylic acids is 1. The highest BCUT2D eigenvalue weighted by molar-refractivity contribution is 8.01. The number of hydrogen-bond acceptors (Lipinski definition) is 5. The molecule has 7 heteroatoms. The molecule has 0 aliphatic carbocycles. The van der Waals surface area contributed by atoms with Crippen LogP contribution >= 0.6 is 23.1 Å². The lowest BCUT2D eigenvalue weighted by Gasteiger charge is -2.02. The molecule has 2 aromatic heterocycles. The van der Waals surface area contributed by atoms with Crippen LogP contribution in [-0.4, -0.2) is 26.4 Å². The Balaban J connectivity index is 1.71. The average molecular weight is 296 g/mol. The first-order valence-electron chi connectivity index (χ1n) is 6.15. The van der Waals surface area contributed by atoms with Crippen LogP contribution in [0.3, 0.4) is 0 Å². The Morgan fingerprint density at radius 3 is 2.95 bits per heavy atom. The Kier molecular flexibility index (Phi) is 5.41. The highest BCUT2D eigenvalue weighted by Crippen LogP contribution is 2.24. The summed E-state index contributed by atoms with van der Waals surface area (Å²) < 4.78 is 2.96. The second kappa shape index (κ2) is 7.30. The third-order valence-corrected chi connectivity index (χ3v) is 4.26. The normalized spacial score (nSPS) is 10.6. The standard InChI is InChI=1S/C12H16N4OS2/c1-2-18-12-15-14-11(19-12)13-10(17)6-5-9-16-7-3-4-8-16/h3-4,7-8H,2,5-6,9H2,1H3,(H,13,14,17). The fourth-order valence-electron chi connectivity index (χ4n) is 1.57. The number of nitrogens with one attached hydrogen (secondary N) is 1. The zero-order chi connectivity index (χ0) is 13.5. The summed E-state index contributed by atoms with van der Waals surface area (Å²) in [6, 6.07) is 3.96. The summed E-state index contributed by atoms with van der Waals surface area (Å²) in [6.07, 6.45) is 5.30. The van der Waals surface area contributed by atoms with Crippen LogP contribution in [0.4, 0.5) is 5.13 Å². The van der Waals surface area contributed by atoms with Crippen LogP contribution in [0.1, 0.15) is 19.8 Å². The lowest BCUT2D eigenvalue weighted by Crippen LogP contribution is -2.12. The van der Waals surface area contributed by atoms with Gasteiger partial charge in [0.25, 0.3) is 0 Å². The van der Waals surface area contributed by atoms with Crippen LogP contribution < -0.4 is 5.32 Å². The van der Waals surface area contributed by atoms with E-state index in [0.717, 1.165) is 23.1 Å². The smallest absolute Gasteiger partial charge is 0.226 e. The van der Waals surface area contributed by atoms with Gasteiger partial charge < -0.3 is 9.88 Å². The molecule has 0 aromatic carbocycles. The molecular formula is C12H16N4OS2. The second-order valence-corrected chi connectivity index (χ2v) is 6.37. The van der Waals surface area contributed by atoms with E-state index in [2.05, 4.69) is 27.0 Å². The van der Waals surface area contributed by atoms with E-state index in [1.165, 1.54) is 11.3 Å². The quantitative estimate of drug-likeness (QED) is 0.630. The van der Waals surface area contributed by atoms with Crippen molar-refractivity contribution in [1.82, 2.24) is 14.8 Å². The van der Waals surface area contributed by atoms with E-state index in [0.29, 0.717) is 11.6 Å². The van der Waals surface area contributed by atoms with E-state index < -0.39 is 0 Å². The van der Waals surface area contributed by atoms with Crippen molar-refractivity contribution in [3.05, 3.63) is 24.5 Å². The van der Waals surface area contributed by atoms with Gasteiger partial charge in [0, 0.05) is 25.4 Å². The minimum atomic E-state index is -0.00338. The molecule has 5 nitrogen and oxygen atoms in total. The summed E-state index contributed by atoms with van der Waals surface area (Å²) in [5, 5.41) is 11.3. The molecule has 0 fully saturated rings. The van der Waals surface area contributed by atoms with Crippen molar-refractivity contribution >= 4 is 34.1 Å². The van der Waals surface area contributed by atoms with Gasteiger partial charge in [0.15, 0.2) is 4.34 Å². The predicted octanol–water partition coefficient (Wildman–Crippen LogP) is 2.87. The summed E-state index contributed by atoms with van der Waals surface area (Å²) >= 11 is 3.05. The van der Waals surface area contributed by atoms with Gasteiger partial charge in [0.1, 0.15) is 0 Å². The van der Waals surface area contributed by atoms with Crippen molar-refractivity contribution in [3.8, 4) is 0 Å². The van der Waals surface area contributed by atoms with Gasteiger partial charge in [0.2, 0.25) is 11.0 Å². The maximum absolute atomic E-state index is 11.7. The molecule has 2 aromatic rings. The minimum Gasteiger partial charge on any atom is -0.354 e. The molecule has 0 aliphatic rings. The Hall–Kier alpha value is -1.34. The van der Waals surface area contributed by atoms with Crippen molar-refractivity contribution in [1.29, 1.82) is 0 Å². The van der Waals surface area contributed by atoms with Crippen molar-refractivity contribution in [3.63, 3.8) is 0 Å². The Morgan fingerprint density at radius 1 is 1.42 bits per heavy atom. The summed E-state index contributed by atoms with van der Waals surface area (Å²) in [6.45, 7) is 2.92. The number of aromatic nitrogens is 3.